The number of ether oxygens (including phenoxy) is 2. The first-order valence-electron chi connectivity index (χ1n) is 6.22. The van der Waals surface area contributed by atoms with Gasteiger partial charge in [0.15, 0.2) is 0 Å². The maximum atomic E-state index is 10.8. The third kappa shape index (κ3) is 4.40. The lowest BCUT2D eigenvalue weighted by molar-refractivity contribution is -0.385. The van der Waals surface area contributed by atoms with Crippen molar-refractivity contribution < 1.29 is 14.4 Å². The van der Waals surface area contributed by atoms with Crippen LogP contribution in [-0.4, -0.2) is 23.7 Å². The molecular formula is C13H20N2O4. The number of nitro groups is 1. The van der Waals surface area contributed by atoms with Crippen LogP contribution in [0.15, 0.2) is 18.2 Å². The molecule has 0 radical (unpaired) electrons. The van der Waals surface area contributed by atoms with E-state index in [0.717, 1.165) is 6.42 Å². The first-order valence-corrected chi connectivity index (χ1v) is 6.22. The molecule has 6 nitrogen and oxygen atoms in total. The lowest BCUT2D eigenvalue weighted by Crippen LogP contribution is -2.41. The molecule has 0 spiro atoms. The van der Waals surface area contributed by atoms with E-state index in [-0.39, 0.29) is 11.4 Å². The molecule has 1 atom stereocenters. The Morgan fingerprint density at radius 3 is 2.58 bits per heavy atom. The first kappa shape index (κ1) is 15.2. The summed E-state index contributed by atoms with van der Waals surface area (Å²) in [5.74, 6) is 0.722. The Morgan fingerprint density at radius 2 is 2.05 bits per heavy atom. The van der Waals surface area contributed by atoms with Crippen molar-refractivity contribution in [1.82, 2.24) is 0 Å². The fourth-order valence-electron chi connectivity index (χ4n) is 1.36. The van der Waals surface area contributed by atoms with Gasteiger partial charge < -0.3 is 15.2 Å². The number of nitro benzene ring substituents is 1. The second-order valence-electron chi connectivity index (χ2n) is 4.62. The molecule has 1 unspecified atom stereocenters. The molecule has 0 aliphatic carbocycles. The molecule has 0 bridgehead atoms. The molecule has 1 aromatic rings. The summed E-state index contributed by atoms with van der Waals surface area (Å²) < 4.78 is 10.8. The Hall–Kier alpha value is -1.82. The third-order valence-electron chi connectivity index (χ3n) is 2.80. The number of rotatable bonds is 7. The van der Waals surface area contributed by atoms with E-state index in [0.29, 0.717) is 19.0 Å². The molecule has 1 aromatic carbocycles. The van der Waals surface area contributed by atoms with Crippen molar-refractivity contribution in [2.45, 2.75) is 32.7 Å². The molecule has 0 saturated carbocycles. The van der Waals surface area contributed by atoms with Gasteiger partial charge in [0.1, 0.15) is 12.4 Å². The topological polar surface area (TPSA) is 87.6 Å². The monoisotopic (exact) mass is 268 g/mol. The SMILES string of the molecule is CCOc1cc(OCC(C)(N)CC)ccc1[N+](=O)[O-]. The van der Waals surface area contributed by atoms with E-state index in [1.54, 1.807) is 13.0 Å². The number of hydrogen-bond donors (Lipinski definition) is 1. The van der Waals surface area contributed by atoms with Crippen LogP contribution in [0.4, 0.5) is 5.69 Å². The second kappa shape index (κ2) is 6.38. The van der Waals surface area contributed by atoms with Crippen LogP contribution in [0.5, 0.6) is 11.5 Å². The van der Waals surface area contributed by atoms with Gasteiger partial charge in [0, 0.05) is 17.7 Å². The Labute approximate surface area is 112 Å². The van der Waals surface area contributed by atoms with Gasteiger partial charge in [-0.15, -0.1) is 0 Å². The molecule has 2 N–H and O–H groups in total. The minimum Gasteiger partial charge on any atom is -0.492 e. The zero-order chi connectivity index (χ0) is 14.5. The van der Waals surface area contributed by atoms with Gasteiger partial charge in [0.05, 0.1) is 11.5 Å². The minimum absolute atomic E-state index is 0.0693. The fraction of sp³-hybridized carbons (Fsp3) is 0.538. The van der Waals surface area contributed by atoms with Crippen LogP contribution in [0, 0.1) is 10.1 Å². The van der Waals surface area contributed by atoms with Crippen molar-refractivity contribution in [3.05, 3.63) is 28.3 Å². The van der Waals surface area contributed by atoms with E-state index < -0.39 is 10.5 Å². The highest BCUT2D eigenvalue weighted by Crippen LogP contribution is 2.31. The third-order valence-corrected chi connectivity index (χ3v) is 2.80. The summed E-state index contributed by atoms with van der Waals surface area (Å²) in [6, 6.07) is 4.44. The van der Waals surface area contributed by atoms with Crippen molar-refractivity contribution in [2.75, 3.05) is 13.2 Å². The molecule has 0 aliphatic rings. The average molecular weight is 268 g/mol. The average Bonchev–Trinajstić information content (AvgIpc) is 2.37. The van der Waals surface area contributed by atoms with Gasteiger partial charge in [0.2, 0.25) is 5.75 Å². The highest BCUT2D eigenvalue weighted by molar-refractivity contribution is 5.50. The van der Waals surface area contributed by atoms with E-state index in [1.807, 2.05) is 13.8 Å². The van der Waals surface area contributed by atoms with Crippen LogP contribution in [0.2, 0.25) is 0 Å². The van der Waals surface area contributed by atoms with Crippen LogP contribution < -0.4 is 15.2 Å². The molecule has 1 rings (SSSR count). The van der Waals surface area contributed by atoms with E-state index in [2.05, 4.69) is 0 Å². The molecule has 0 fully saturated rings. The molecule has 0 aliphatic heterocycles. The molecule has 19 heavy (non-hydrogen) atoms. The minimum atomic E-state index is -0.478. The van der Waals surface area contributed by atoms with Crippen molar-refractivity contribution >= 4 is 5.69 Å². The smallest absolute Gasteiger partial charge is 0.311 e. The summed E-state index contributed by atoms with van der Waals surface area (Å²) in [4.78, 5) is 10.4. The number of nitrogens with two attached hydrogens (primary N) is 1. The molecule has 6 heteroatoms. The molecule has 0 heterocycles. The van der Waals surface area contributed by atoms with Crippen LogP contribution in [0.1, 0.15) is 27.2 Å². The van der Waals surface area contributed by atoms with Gasteiger partial charge in [-0.1, -0.05) is 6.92 Å². The van der Waals surface area contributed by atoms with Crippen LogP contribution in [0.25, 0.3) is 0 Å². The number of hydrogen-bond acceptors (Lipinski definition) is 5. The zero-order valence-electron chi connectivity index (χ0n) is 11.5. The predicted molar refractivity (Wildman–Crippen MR) is 72.6 cm³/mol. The van der Waals surface area contributed by atoms with Crippen molar-refractivity contribution in [3.8, 4) is 11.5 Å². The Morgan fingerprint density at radius 1 is 1.37 bits per heavy atom. The van der Waals surface area contributed by atoms with E-state index in [9.17, 15) is 10.1 Å². The van der Waals surface area contributed by atoms with Crippen molar-refractivity contribution in [1.29, 1.82) is 0 Å². The molecule has 0 saturated heterocycles. The quantitative estimate of drug-likeness (QED) is 0.606. The van der Waals surface area contributed by atoms with Gasteiger partial charge in [-0.3, -0.25) is 10.1 Å². The standard InChI is InChI=1S/C13H20N2O4/c1-4-13(3,14)9-19-10-6-7-11(15(16)17)12(8-10)18-5-2/h6-8H,4-5,9,14H2,1-3H3. The van der Waals surface area contributed by atoms with Crippen LogP contribution in [-0.2, 0) is 0 Å². The number of nitrogens with zero attached hydrogens (tertiary/aromatic N) is 1. The highest BCUT2D eigenvalue weighted by Gasteiger charge is 2.19. The van der Waals surface area contributed by atoms with Gasteiger partial charge >= 0.3 is 5.69 Å². The van der Waals surface area contributed by atoms with Gasteiger partial charge in [0.25, 0.3) is 0 Å². The lowest BCUT2D eigenvalue weighted by atomic mass is 10.0. The Bertz CT molecular complexity index is 446. The first-order chi connectivity index (χ1) is 8.89. The highest BCUT2D eigenvalue weighted by atomic mass is 16.6. The summed E-state index contributed by atoms with van der Waals surface area (Å²) in [6.07, 6.45) is 0.776. The van der Waals surface area contributed by atoms with Crippen LogP contribution >= 0.6 is 0 Å². The summed E-state index contributed by atoms with van der Waals surface area (Å²) in [6.45, 7) is 6.33. The molecule has 0 amide bonds. The fourth-order valence-corrected chi connectivity index (χ4v) is 1.36. The molecular weight excluding hydrogens is 248 g/mol. The van der Waals surface area contributed by atoms with E-state index in [1.165, 1.54) is 12.1 Å². The van der Waals surface area contributed by atoms with Gasteiger partial charge in [-0.25, -0.2) is 0 Å². The van der Waals surface area contributed by atoms with Crippen LogP contribution in [0.3, 0.4) is 0 Å². The molecule has 106 valence electrons. The Kier molecular flexibility index (Phi) is 5.11. The van der Waals surface area contributed by atoms with Crippen molar-refractivity contribution in [3.63, 3.8) is 0 Å². The largest absolute Gasteiger partial charge is 0.492 e. The molecule has 0 aromatic heterocycles. The summed E-state index contributed by atoms with van der Waals surface area (Å²) in [5, 5.41) is 10.8. The van der Waals surface area contributed by atoms with Crippen molar-refractivity contribution in [2.24, 2.45) is 5.73 Å². The maximum absolute atomic E-state index is 10.8. The number of benzene rings is 1. The summed E-state index contributed by atoms with van der Waals surface area (Å²) in [7, 11) is 0. The zero-order valence-corrected chi connectivity index (χ0v) is 11.5. The Balaban J connectivity index is 2.86. The second-order valence-corrected chi connectivity index (χ2v) is 4.62. The van der Waals surface area contributed by atoms with E-state index >= 15 is 0 Å². The summed E-state index contributed by atoms with van der Waals surface area (Å²) in [5.41, 5.74) is 5.48. The predicted octanol–water partition coefficient (Wildman–Crippen LogP) is 2.50. The summed E-state index contributed by atoms with van der Waals surface area (Å²) >= 11 is 0. The lowest BCUT2D eigenvalue weighted by Gasteiger charge is -2.22. The maximum Gasteiger partial charge on any atom is 0.311 e. The normalized spacial score (nSPS) is 13.7. The van der Waals surface area contributed by atoms with E-state index in [4.69, 9.17) is 15.2 Å². The van der Waals surface area contributed by atoms with Gasteiger partial charge in [-0.05, 0) is 26.3 Å². The van der Waals surface area contributed by atoms with Gasteiger partial charge in [-0.2, -0.15) is 0 Å².